The third-order valence-electron chi connectivity index (χ3n) is 2.51. The molecule has 2 aromatic rings. The van der Waals surface area contributed by atoms with Crippen LogP contribution in [0.1, 0.15) is 22.3 Å². The Morgan fingerprint density at radius 2 is 1.90 bits per heavy atom. The number of benzene rings is 1. The van der Waals surface area contributed by atoms with Gasteiger partial charge in [-0.05, 0) is 25.1 Å². The second kappa shape index (κ2) is 6.43. The van der Waals surface area contributed by atoms with Crippen LogP contribution in [0.5, 0.6) is 0 Å². The minimum absolute atomic E-state index is 0.0806. The molecule has 0 atom stereocenters. The SMILES string of the molecule is CC(=O)c1sc(NC(=O)Nc2ccc(Cl)c(Cl)c2)nc1C. The minimum Gasteiger partial charge on any atom is -0.308 e. The van der Waals surface area contributed by atoms with Crippen LogP contribution in [-0.4, -0.2) is 16.8 Å². The van der Waals surface area contributed by atoms with E-state index < -0.39 is 6.03 Å². The Bertz CT molecular complexity index is 715. The summed E-state index contributed by atoms with van der Waals surface area (Å²) in [5.74, 6) is -0.0806. The van der Waals surface area contributed by atoms with E-state index in [1.54, 1.807) is 19.1 Å². The topological polar surface area (TPSA) is 71.1 Å². The number of aromatic nitrogens is 1. The van der Waals surface area contributed by atoms with Gasteiger partial charge in [-0.1, -0.05) is 34.5 Å². The number of thiazole rings is 1. The number of rotatable bonds is 3. The maximum atomic E-state index is 11.9. The molecule has 0 saturated carbocycles. The highest BCUT2D eigenvalue weighted by Crippen LogP contribution is 2.26. The monoisotopic (exact) mass is 343 g/mol. The van der Waals surface area contributed by atoms with Gasteiger partial charge in [-0.15, -0.1) is 0 Å². The number of hydrogen-bond donors (Lipinski definition) is 2. The van der Waals surface area contributed by atoms with Crippen LogP contribution >= 0.6 is 34.5 Å². The van der Waals surface area contributed by atoms with E-state index in [-0.39, 0.29) is 5.78 Å². The molecule has 0 aliphatic carbocycles. The molecule has 5 nitrogen and oxygen atoms in total. The van der Waals surface area contributed by atoms with Crippen molar-refractivity contribution in [3.8, 4) is 0 Å². The molecule has 0 unspecified atom stereocenters. The van der Waals surface area contributed by atoms with Gasteiger partial charge in [0.05, 0.1) is 20.6 Å². The van der Waals surface area contributed by atoms with Gasteiger partial charge in [0.1, 0.15) is 0 Å². The summed E-state index contributed by atoms with van der Waals surface area (Å²) in [6, 6.07) is 4.28. The van der Waals surface area contributed by atoms with E-state index in [1.807, 2.05) is 0 Å². The first-order chi connectivity index (χ1) is 9.86. The maximum absolute atomic E-state index is 11.9. The summed E-state index contributed by atoms with van der Waals surface area (Å²) in [6.45, 7) is 3.18. The third-order valence-corrected chi connectivity index (χ3v) is 4.43. The van der Waals surface area contributed by atoms with Gasteiger partial charge in [0, 0.05) is 12.6 Å². The number of hydrogen-bond acceptors (Lipinski definition) is 4. The van der Waals surface area contributed by atoms with Crippen molar-refractivity contribution in [3.63, 3.8) is 0 Å². The number of aryl methyl sites for hydroxylation is 1. The number of nitrogens with one attached hydrogen (secondary N) is 2. The number of amides is 2. The van der Waals surface area contributed by atoms with Gasteiger partial charge in [0.2, 0.25) is 0 Å². The van der Waals surface area contributed by atoms with Gasteiger partial charge in [-0.3, -0.25) is 10.1 Å². The molecule has 0 aliphatic rings. The molecule has 0 saturated heterocycles. The molecule has 2 rings (SSSR count). The van der Waals surface area contributed by atoms with E-state index in [2.05, 4.69) is 15.6 Å². The number of anilines is 2. The molecule has 0 bridgehead atoms. The van der Waals surface area contributed by atoms with Crippen LogP contribution in [0.2, 0.25) is 10.0 Å². The fraction of sp³-hybridized carbons (Fsp3) is 0.154. The highest BCUT2D eigenvalue weighted by atomic mass is 35.5. The van der Waals surface area contributed by atoms with Gasteiger partial charge >= 0.3 is 6.03 Å². The quantitative estimate of drug-likeness (QED) is 0.799. The maximum Gasteiger partial charge on any atom is 0.325 e. The predicted molar refractivity (Wildman–Crippen MR) is 86.0 cm³/mol. The zero-order chi connectivity index (χ0) is 15.6. The number of carbonyl (C=O) groups excluding carboxylic acids is 2. The highest BCUT2D eigenvalue weighted by Gasteiger charge is 2.13. The van der Waals surface area contributed by atoms with Crippen LogP contribution < -0.4 is 10.6 Å². The van der Waals surface area contributed by atoms with Crippen molar-refractivity contribution in [1.29, 1.82) is 0 Å². The summed E-state index contributed by atoms with van der Waals surface area (Å²) in [5, 5.41) is 6.28. The lowest BCUT2D eigenvalue weighted by Crippen LogP contribution is -2.19. The molecular weight excluding hydrogens is 333 g/mol. The fourth-order valence-corrected chi connectivity index (χ4v) is 2.76. The molecule has 21 heavy (non-hydrogen) atoms. The Labute approximate surface area is 135 Å². The normalized spacial score (nSPS) is 10.3. The van der Waals surface area contributed by atoms with E-state index in [0.717, 1.165) is 11.3 Å². The lowest BCUT2D eigenvalue weighted by Gasteiger charge is -2.06. The number of nitrogens with zero attached hydrogens (tertiary/aromatic N) is 1. The molecule has 1 aromatic heterocycles. The summed E-state index contributed by atoms with van der Waals surface area (Å²) in [5.41, 5.74) is 1.10. The second-order valence-electron chi connectivity index (χ2n) is 4.20. The Morgan fingerprint density at radius 3 is 2.48 bits per heavy atom. The van der Waals surface area contributed by atoms with Gasteiger partial charge in [0.25, 0.3) is 0 Å². The third kappa shape index (κ3) is 3.93. The summed E-state index contributed by atoms with van der Waals surface area (Å²) in [4.78, 5) is 27.8. The predicted octanol–water partition coefficient (Wildman–Crippen LogP) is 4.60. The van der Waals surface area contributed by atoms with Crippen molar-refractivity contribution >= 4 is 57.2 Å². The van der Waals surface area contributed by atoms with E-state index in [0.29, 0.717) is 31.4 Å². The number of halogens is 2. The number of carbonyl (C=O) groups is 2. The Morgan fingerprint density at radius 1 is 1.19 bits per heavy atom. The molecule has 1 heterocycles. The standard InChI is InChI=1S/C13H11Cl2N3O2S/c1-6-11(7(2)19)21-13(16-6)18-12(20)17-8-3-4-9(14)10(15)5-8/h3-5H,1-2H3,(H2,16,17,18,20). The molecule has 1 aromatic carbocycles. The first kappa shape index (κ1) is 15.8. The van der Waals surface area contributed by atoms with Gasteiger partial charge in [-0.25, -0.2) is 9.78 Å². The van der Waals surface area contributed by atoms with Crippen molar-refractivity contribution in [2.24, 2.45) is 0 Å². The van der Waals surface area contributed by atoms with Crippen LogP contribution in [0.4, 0.5) is 15.6 Å². The number of urea groups is 1. The summed E-state index contributed by atoms with van der Waals surface area (Å²) in [6.07, 6.45) is 0. The average molecular weight is 344 g/mol. The Kier molecular flexibility index (Phi) is 4.82. The zero-order valence-corrected chi connectivity index (χ0v) is 13.5. The molecule has 0 radical (unpaired) electrons. The molecule has 0 fully saturated rings. The molecule has 2 N–H and O–H groups in total. The smallest absolute Gasteiger partial charge is 0.308 e. The largest absolute Gasteiger partial charge is 0.325 e. The highest BCUT2D eigenvalue weighted by molar-refractivity contribution is 7.17. The van der Waals surface area contributed by atoms with E-state index in [1.165, 1.54) is 13.0 Å². The van der Waals surface area contributed by atoms with Gasteiger partial charge in [0.15, 0.2) is 10.9 Å². The second-order valence-corrected chi connectivity index (χ2v) is 6.01. The Balaban J connectivity index is 2.06. The summed E-state index contributed by atoms with van der Waals surface area (Å²) in [7, 11) is 0. The van der Waals surface area contributed by atoms with Crippen molar-refractivity contribution in [2.75, 3.05) is 10.6 Å². The average Bonchev–Trinajstić information content (AvgIpc) is 2.75. The van der Waals surface area contributed by atoms with Crippen LogP contribution in [0.25, 0.3) is 0 Å². The van der Waals surface area contributed by atoms with Crippen LogP contribution in [0, 0.1) is 6.92 Å². The van der Waals surface area contributed by atoms with Crippen molar-refractivity contribution in [2.45, 2.75) is 13.8 Å². The minimum atomic E-state index is -0.475. The van der Waals surface area contributed by atoms with E-state index in [4.69, 9.17) is 23.2 Å². The Hall–Kier alpha value is -1.63. The first-order valence-corrected chi connectivity index (χ1v) is 7.45. The van der Waals surface area contributed by atoms with Crippen molar-refractivity contribution < 1.29 is 9.59 Å². The number of ketones is 1. The van der Waals surface area contributed by atoms with E-state index in [9.17, 15) is 9.59 Å². The summed E-state index contributed by atoms with van der Waals surface area (Å²) >= 11 is 12.8. The lowest BCUT2D eigenvalue weighted by atomic mass is 10.3. The van der Waals surface area contributed by atoms with Crippen LogP contribution in [0.15, 0.2) is 18.2 Å². The molecule has 0 aliphatic heterocycles. The van der Waals surface area contributed by atoms with E-state index >= 15 is 0 Å². The summed E-state index contributed by atoms with van der Waals surface area (Å²) < 4.78 is 0. The van der Waals surface area contributed by atoms with Crippen LogP contribution in [-0.2, 0) is 0 Å². The first-order valence-electron chi connectivity index (χ1n) is 5.88. The lowest BCUT2D eigenvalue weighted by molar-refractivity contribution is 0.102. The van der Waals surface area contributed by atoms with Gasteiger partial charge in [-0.2, -0.15) is 0 Å². The number of Topliss-reactive ketones (excluding diaryl/α,β-unsaturated/α-hetero) is 1. The molecular formula is C13H11Cl2N3O2S. The van der Waals surface area contributed by atoms with Crippen molar-refractivity contribution in [1.82, 2.24) is 4.98 Å². The zero-order valence-electron chi connectivity index (χ0n) is 11.2. The molecule has 0 spiro atoms. The van der Waals surface area contributed by atoms with Crippen molar-refractivity contribution in [3.05, 3.63) is 38.8 Å². The van der Waals surface area contributed by atoms with Crippen LogP contribution in [0.3, 0.4) is 0 Å². The van der Waals surface area contributed by atoms with Gasteiger partial charge < -0.3 is 5.32 Å². The fourth-order valence-electron chi connectivity index (χ4n) is 1.61. The molecule has 8 heteroatoms. The molecule has 2 amide bonds. The molecule has 110 valence electrons.